The number of Topliss-reactive ketones (excluding diaryl/α,β-unsaturated/α-hetero) is 1. The van der Waals surface area contributed by atoms with Crippen LogP contribution in [0.3, 0.4) is 0 Å². The molecule has 0 radical (unpaired) electrons. The van der Waals surface area contributed by atoms with E-state index < -0.39 is 0 Å². The van der Waals surface area contributed by atoms with Crippen LogP contribution in [-0.4, -0.2) is 12.3 Å². The van der Waals surface area contributed by atoms with Crippen LogP contribution >= 0.6 is 0 Å². The van der Waals surface area contributed by atoms with E-state index in [0.717, 1.165) is 31.5 Å². The summed E-state index contributed by atoms with van der Waals surface area (Å²) in [5, 5.41) is 3.35. The second-order valence-electron chi connectivity index (χ2n) is 4.66. The Balaban J connectivity index is 1.86. The molecule has 0 heterocycles. The molecule has 1 N–H and O–H groups in total. The van der Waals surface area contributed by atoms with E-state index in [0.29, 0.717) is 5.78 Å². The van der Waals surface area contributed by atoms with Crippen LogP contribution in [0.5, 0.6) is 0 Å². The number of ketones is 1. The predicted octanol–water partition coefficient (Wildman–Crippen LogP) is 3.17. The number of carbonyl (C=O) groups is 1. The van der Waals surface area contributed by atoms with E-state index in [2.05, 4.69) is 36.5 Å². The first kappa shape index (κ1) is 11.2. The zero-order valence-electron chi connectivity index (χ0n) is 9.83. The van der Waals surface area contributed by atoms with Gasteiger partial charge in [-0.2, -0.15) is 0 Å². The standard InChI is InChI=1S/C14H19NO/c1-11-6-8-13(9-7-11)15-10-12-4-2-3-5-14(12)16/h6-9,12,15H,2-5,10H2,1H3. The molecule has 0 aliphatic heterocycles. The Morgan fingerprint density at radius 2 is 2.00 bits per heavy atom. The third-order valence-electron chi connectivity index (χ3n) is 3.29. The van der Waals surface area contributed by atoms with Crippen molar-refractivity contribution >= 4 is 11.5 Å². The highest BCUT2D eigenvalue weighted by Gasteiger charge is 2.21. The Morgan fingerprint density at radius 1 is 1.25 bits per heavy atom. The number of aryl methyl sites for hydroxylation is 1. The molecule has 0 bridgehead atoms. The van der Waals surface area contributed by atoms with Crippen molar-refractivity contribution in [3.05, 3.63) is 29.8 Å². The number of nitrogens with one attached hydrogen (secondary N) is 1. The van der Waals surface area contributed by atoms with Gasteiger partial charge < -0.3 is 5.32 Å². The summed E-state index contributed by atoms with van der Waals surface area (Å²) in [6.07, 6.45) is 4.11. The molecule has 1 unspecified atom stereocenters. The van der Waals surface area contributed by atoms with E-state index >= 15 is 0 Å². The van der Waals surface area contributed by atoms with Gasteiger partial charge in [-0.3, -0.25) is 4.79 Å². The Kier molecular flexibility index (Phi) is 3.60. The molecular formula is C14H19NO. The van der Waals surface area contributed by atoms with E-state index in [-0.39, 0.29) is 5.92 Å². The van der Waals surface area contributed by atoms with Crippen molar-refractivity contribution in [1.82, 2.24) is 0 Å². The molecule has 2 heteroatoms. The Labute approximate surface area is 97.1 Å². The SMILES string of the molecule is Cc1ccc(NCC2CCCCC2=O)cc1. The molecular weight excluding hydrogens is 198 g/mol. The first-order chi connectivity index (χ1) is 7.75. The quantitative estimate of drug-likeness (QED) is 0.842. The fourth-order valence-corrected chi connectivity index (χ4v) is 2.18. The summed E-state index contributed by atoms with van der Waals surface area (Å²) in [5.74, 6) is 0.668. The van der Waals surface area contributed by atoms with Crippen molar-refractivity contribution in [3.8, 4) is 0 Å². The molecule has 86 valence electrons. The van der Waals surface area contributed by atoms with Crippen LogP contribution in [0.4, 0.5) is 5.69 Å². The van der Waals surface area contributed by atoms with Crippen LogP contribution in [0.15, 0.2) is 24.3 Å². The van der Waals surface area contributed by atoms with Gasteiger partial charge in [-0.15, -0.1) is 0 Å². The first-order valence-corrected chi connectivity index (χ1v) is 6.09. The van der Waals surface area contributed by atoms with Gasteiger partial charge in [0, 0.05) is 24.6 Å². The lowest BCUT2D eigenvalue weighted by Crippen LogP contribution is -2.26. The molecule has 1 saturated carbocycles. The Hall–Kier alpha value is -1.31. The van der Waals surface area contributed by atoms with Gasteiger partial charge in [0.2, 0.25) is 0 Å². The number of carbonyl (C=O) groups excluding carboxylic acids is 1. The minimum atomic E-state index is 0.232. The molecule has 1 fully saturated rings. The summed E-state index contributed by atoms with van der Waals surface area (Å²) in [6.45, 7) is 2.87. The lowest BCUT2D eigenvalue weighted by Gasteiger charge is -2.21. The first-order valence-electron chi connectivity index (χ1n) is 6.09. The highest BCUT2D eigenvalue weighted by atomic mass is 16.1. The predicted molar refractivity (Wildman–Crippen MR) is 66.6 cm³/mol. The average molecular weight is 217 g/mol. The maximum atomic E-state index is 11.6. The molecule has 1 aliphatic rings. The largest absolute Gasteiger partial charge is 0.384 e. The van der Waals surface area contributed by atoms with E-state index in [1.807, 2.05) is 0 Å². The summed E-state index contributed by atoms with van der Waals surface area (Å²) in [5.41, 5.74) is 2.38. The number of hydrogen-bond donors (Lipinski definition) is 1. The number of anilines is 1. The fraction of sp³-hybridized carbons (Fsp3) is 0.500. The van der Waals surface area contributed by atoms with Crippen molar-refractivity contribution in [3.63, 3.8) is 0 Å². The van der Waals surface area contributed by atoms with Crippen LogP contribution in [0.1, 0.15) is 31.2 Å². The third kappa shape index (κ3) is 2.84. The molecule has 1 atom stereocenters. The summed E-state index contributed by atoms with van der Waals surface area (Å²) < 4.78 is 0. The van der Waals surface area contributed by atoms with Gasteiger partial charge in [0.1, 0.15) is 5.78 Å². The van der Waals surface area contributed by atoms with E-state index in [9.17, 15) is 4.79 Å². The van der Waals surface area contributed by atoms with E-state index in [1.165, 1.54) is 12.0 Å². The zero-order chi connectivity index (χ0) is 11.4. The molecule has 1 aliphatic carbocycles. The lowest BCUT2D eigenvalue weighted by molar-refractivity contribution is -0.124. The van der Waals surface area contributed by atoms with Gasteiger partial charge in [0.05, 0.1) is 0 Å². The minimum Gasteiger partial charge on any atom is -0.384 e. The molecule has 1 aromatic rings. The number of benzene rings is 1. The molecule has 1 aromatic carbocycles. The number of rotatable bonds is 3. The molecule has 16 heavy (non-hydrogen) atoms. The molecule has 0 aromatic heterocycles. The van der Waals surface area contributed by atoms with Crippen LogP contribution in [0.2, 0.25) is 0 Å². The van der Waals surface area contributed by atoms with Crippen LogP contribution < -0.4 is 5.32 Å². The lowest BCUT2D eigenvalue weighted by atomic mass is 9.88. The Morgan fingerprint density at radius 3 is 2.69 bits per heavy atom. The molecule has 0 saturated heterocycles. The summed E-state index contributed by atoms with van der Waals surface area (Å²) in [6, 6.07) is 8.32. The van der Waals surface area contributed by atoms with Gasteiger partial charge in [-0.1, -0.05) is 24.1 Å². The topological polar surface area (TPSA) is 29.1 Å². The van der Waals surface area contributed by atoms with Crippen molar-refractivity contribution in [1.29, 1.82) is 0 Å². The van der Waals surface area contributed by atoms with E-state index in [4.69, 9.17) is 0 Å². The average Bonchev–Trinajstić information content (AvgIpc) is 2.30. The highest BCUT2D eigenvalue weighted by Crippen LogP contribution is 2.21. The van der Waals surface area contributed by atoms with Crippen molar-refractivity contribution in [2.75, 3.05) is 11.9 Å². The van der Waals surface area contributed by atoms with Gasteiger partial charge in [-0.25, -0.2) is 0 Å². The second-order valence-corrected chi connectivity index (χ2v) is 4.66. The minimum absolute atomic E-state index is 0.232. The summed E-state index contributed by atoms with van der Waals surface area (Å²) >= 11 is 0. The highest BCUT2D eigenvalue weighted by molar-refractivity contribution is 5.82. The maximum absolute atomic E-state index is 11.6. The third-order valence-corrected chi connectivity index (χ3v) is 3.29. The molecule has 0 spiro atoms. The van der Waals surface area contributed by atoms with Crippen LogP contribution in [-0.2, 0) is 4.79 Å². The van der Waals surface area contributed by atoms with Gasteiger partial charge in [-0.05, 0) is 31.9 Å². The van der Waals surface area contributed by atoms with Crippen LogP contribution in [0, 0.1) is 12.8 Å². The monoisotopic (exact) mass is 217 g/mol. The Bertz CT molecular complexity index is 356. The zero-order valence-corrected chi connectivity index (χ0v) is 9.83. The van der Waals surface area contributed by atoms with Crippen LogP contribution in [0.25, 0.3) is 0 Å². The molecule has 2 nitrogen and oxygen atoms in total. The van der Waals surface area contributed by atoms with E-state index in [1.54, 1.807) is 0 Å². The second kappa shape index (κ2) is 5.15. The normalized spacial score (nSPS) is 20.8. The summed E-state index contributed by atoms with van der Waals surface area (Å²) in [4.78, 5) is 11.6. The van der Waals surface area contributed by atoms with Gasteiger partial charge in [0.25, 0.3) is 0 Å². The maximum Gasteiger partial charge on any atom is 0.137 e. The summed E-state index contributed by atoms with van der Waals surface area (Å²) in [7, 11) is 0. The fourth-order valence-electron chi connectivity index (χ4n) is 2.18. The van der Waals surface area contributed by atoms with Gasteiger partial charge >= 0.3 is 0 Å². The van der Waals surface area contributed by atoms with Gasteiger partial charge in [0.15, 0.2) is 0 Å². The van der Waals surface area contributed by atoms with Crippen molar-refractivity contribution in [2.45, 2.75) is 32.6 Å². The smallest absolute Gasteiger partial charge is 0.137 e. The molecule has 2 rings (SSSR count). The van der Waals surface area contributed by atoms with Crippen molar-refractivity contribution < 1.29 is 4.79 Å². The number of hydrogen-bond acceptors (Lipinski definition) is 2. The van der Waals surface area contributed by atoms with Crippen molar-refractivity contribution in [2.24, 2.45) is 5.92 Å². The molecule has 0 amide bonds.